The number of oxime groups is 1. The number of nitrogens with two attached hydrogens (primary N) is 1. The van der Waals surface area contributed by atoms with Crippen LogP contribution in [0.15, 0.2) is 23.4 Å². The van der Waals surface area contributed by atoms with Gasteiger partial charge in [-0.2, -0.15) is 0 Å². The summed E-state index contributed by atoms with van der Waals surface area (Å²) in [5, 5.41) is 11.5. The highest BCUT2D eigenvalue weighted by molar-refractivity contribution is 5.97. The van der Waals surface area contributed by atoms with Crippen molar-refractivity contribution in [3.8, 4) is 0 Å². The molecule has 0 bridgehead atoms. The van der Waals surface area contributed by atoms with Gasteiger partial charge in [0.25, 0.3) is 0 Å². The van der Waals surface area contributed by atoms with Gasteiger partial charge in [0, 0.05) is 18.7 Å². The van der Waals surface area contributed by atoms with E-state index in [4.69, 9.17) is 10.9 Å². The van der Waals surface area contributed by atoms with Crippen molar-refractivity contribution in [1.82, 2.24) is 0 Å². The van der Waals surface area contributed by atoms with Crippen LogP contribution in [0.5, 0.6) is 0 Å². The molecule has 1 aromatic rings. The van der Waals surface area contributed by atoms with Gasteiger partial charge in [-0.05, 0) is 49.3 Å². The minimum atomic E-state index is -0.341. The van der Waals surface area contributed by atoms with E-state index in [0.717, 1.165) is 25.7 Å². The molecule has 0 radical (unpaired) electrons. The molecule has 2 rings (SSSR count). The molecule has 0 aromatic heterocycles. The van der Waals surface area contributed by atoms with E-state index < -0.39 is 0 Å². The third-order valence-corrected chi connectivity index (χ3v) is 4.59. The Bertz CT molecular complexity index is 532. The summed E-state index contributed by atoms with van der Waals surface area (Å²) in [6.07, 6.45) is 4.47. The zero-order valence-electron chi connectivity index (χ0n) is 12.9. The number of hydrogen-bond acceptors (Lipinski definition) is 3. The van der Waals surface area contributed by atoms with Crippen molar-refractivity contribution in [2.45, 2.75) is 45.6 Å². The number of anilines is 1. The van der Waals surface area contributed by atoms with Crippen LogP contribution in [-0.2, 0) is 0 Å². The van der Waals surface area contributed by atoms with Crippen molar-refractivity contribution >= 4 is 11.5 Å². The number of hydrogen-bond donors (Lipinski definition) is 2. The average molecular weight is 293 g/mol. The molecule has 5 heteroatoms. The smallest absolute Gasteiger partial charge is 0.170 e. The fourth-order valence-corrected chi connectivity index (χ4v) is 2.98. The van der Waals surface area contributed by atoms with Crippen LogP contribution in [0.2, 0.25) is 0 Å². The lowest BCUT2D eigenvalue weighted by Gasteiger charge is -2.39. The van der Waals surface area contributed by atoms with Crippen LogP contribution in [0, 0.1) is 11.2 Å². The first-order valence-corrected chi connectivity index (χ1v) is 7.34. The summed E-state index contributed by atoms with van der Waals surface area (Å²) < 4.78 is 14.3. The number of nitrogens with zero attached hydrogens (tertiary/aromatic N) is 2. The van der Waals surface area contributed by atoms with Gasteiger partial charge in [-0.15, -0.1) is 0 Å². The second-order valence-electron chi connectivity index (χ2n) is 6.66. The van der Waals surface area contributed by atoms with Gasteiger partial charge in [0.05, 0.1) is 5.69 Å². The van der Waals surface area contributed by atoms with Gasteiger partial charge in [0.1, 0.15) is 5.82 Å². The van der Waals surface area contributed by atoms with E-state index in [1.54, 1.807) is 12.1 Å². The molecule has 21 heavy (non-hydrogen) atoms. The van der Waals surface area contributed by atoms with Crippen molar-refractivity contribution in [3.63, 3.8) is 0 Å². The molecule has 1 aromatic carbocycles. The molecule has 1 aliphatic rings. The van der Waals surface area contributed by atoms with E-state index in [1.165, 1.54) is 6.07 Å². The largest absolute Gasteiger partial charge is 0.409 e. The van der Waals surface area contributed by atoms with E-state index in [0.29, 0.717) is 22.7 Å². The Kier molecular flexibility index (Phi) is 4.40. The van der Waals surface area contributed by atoms with Crippen LogP contribution in [-0.4, -0.2) is 24.1 Å². The van der Waals surface area contributed by atoms with Crippen molar-refractivity contribution < 1.29 is 9.60 Å². The van der Waals surface area contributed by atoms with Gasteiger partial charge in [0.15, 0.2) is 5.84 Å². The normalized spacial score (nSPS) is 19.5. The Balaban J connectivity index is 2.15. The second-order valence-corrected chi connectivity index (χ2v) is 6.66. The lowest BCUT2D eigenvalue weighted by molar-refractivity contribution is 0.222. The maximum Gasteiger partial charge on any atom is 0.170 e. The molecule has 1 fully saturated rings. The lowest BCUT2D eigenvalue weighted by Crippen LogP contribution is -2.37. The lowest BCUT2D eigenvalue weighted by atomic mass is 9.75. The van der Waals surface area contributed by atoms with Crippen molar-refractivity contribution in [3.05, 3.63) is 29.6 Å². The van der Waals surface area contributed by atoms with Crippen molar-refractivity contribution in [2.75, 3.05) is 11.9 Å². The van der Waals surface area contributed by atoms with E-state index in [-0.39, 0.29) is 11.7 Å². The molecule has 0 saturated heterocycles. The molecule has 1 saturated carbocycles. The molecular formula is C16H24FN3O. The van der Waals surface area contributed by atoms with Crippen LogP contribution >= 0.6 is 0 Å². The first-order chi connectivity index (χ1) is 9.84. The summed E-state index contributed by atoms with van der Waals surface area (Å²) in [5.74, 6) is -0.422. The van der Waals surface area contributed by atoms with Gasteiger partial charge < -0.3 is 15.8 Å². The molecule has 0 amide bonds. The number of amidine groups is 1. The van der Waals surface area contributed by atoms with Crippen LogP contribution in [0.25, 0.3) is 0 Å². The Morgan fingerprint density at radius 1 is 1.38 bits per heavy atom. The van der Waals surface area contributed by atoms with Crippen LogP contribution in [0.4, 0.5) is 10.1 Å². The highest BCUT2D eigenvalue weighted by Crippen LogP contribution is 2.38. The Morgan fingerprint density at radius 3 is 2.52 bits per heavy atom. The highest BCUT2D eigenvalue weighted by Gasteiger charge is 2.29. The summed E-state index contributed by atoms with van der Waals surface area (Å²) >= 11 is 0. The molecule has 4 nitrogen and oxygen atoms in total. The summed E-state index contributed by atoms with van der Waals surface area (Å²) in [5.41, 5.74) is 6.83. The van der Waals surface area contributed by atoms with Gasteiger partial charge in [-0.3, -0.25) is 0 Å². The average Bonchev–Trinajstić information content (AvgIpc) is 2.45. The fraction of sp³-hybridized carbons (Fsp3) is 0.562. The molecule has 0 heterocycles. The zero-order chi connectivity index (χ0) is 15.6. The second kappa shape index (κ2) is 5.92. The van der Waals surface area contributed by atoms with Crippen LogP contribution in [0.3, 0.4) is 0 Å². The monoisotopic (exact) mass is 293 g/mol. The fourth-order valence-electron chi connectivity index (χ4n) is 2.98. The molecule has 0 unspecified atom stereocenters. The molecular weight excluding hydrogens is 269 g/mol. The minimum absolute atomic E-state index is 0.0810. The molecule has 0 aliphatic heterocycles. The minimum Gasteiger partial charge on any atom is -0.409 e. The first kappa shape index (κ1) is 15.6. The number of benzene rings is 1. The molecule has 3 N–H and O–H groups in total. The predicted octanol–water partition coefficient (Wildman–Crippen LogP) is 3.33. The summed E-state index contributed by atoms with van der Waals surface area (Å²) in [4.78, 5) is 2.01. The van der Waals surface area contributed by atoms with Crippen molar-refractivity contribution in [1.29, 1.82) is 0 Å². The highest BCUT2D eigenvalue weighted by atomic mass is 19.1. The van der Waals surface area contributed by atoms with Gasteiger partial charge in [0.2, 0.25) is 0 Å². The Morgan fingerprint density at radius 2 is 2.00 bits per heavy atom. The third-order valence-electron chi connectivity index (χ3n) is 4.59. The predicted molar refractivity (Wildman–Crippen MR) is 83.4 cm³/mol. The van der Waals surface area contributed by atoms with E-state index in [2.05, 4.69) is 19.0 Å². The molecule has 0 spiro atoms. The summed E-state index contributed by atoms with van der Waals surface area (Å²) in [6.45, 7) is 4.57. The quantitative estimate of drug-likeness (QED) is 0.389. The van der Waals surface area contributed by atoms with E-state index in [1.807, 2.05) is 11.9 Å². The van der Waals surface area contributed by atoms with Gasteiger partial charge in [-0.1, -0.05) is 19.0 Å². The Labute approximate surface area is 125 Å². The topological polar surface area (TPSA) is 61.8 Å². The number of rotatable bonds is 3. The Hall–Kier alpha value is -1.78. The van der Waals surface area contributed by atoms with E-state index >= 15 is 0 Å². The molecule has 0 atom stereocenters. The maximum absolute atomic E-state index is 14.3. The SMILES string of the molecule is CN(c1ccc(/C(N)=N/O)cc1F)C1CCC(C)(C)CC1. The first-order valence-electron chi connectivity index (χ1n) is 7.34. The van der Waals surface area contributed by atoms with Crippen LogP contribution < -0.4 is 10.6 Å². The van der Waals surface area contributed by atoms with Gasteiger partial charge in [-0.25, -0.2) is 4.39 Å². The zero-order valence-corrected chi connectivity index (χ0v) is 12.9. The van der Waals surface area contributed by atoms with Gasteiger partial charge >= 0.3 is 0 Å². The van der Waals surface area contributed by atoms with E-state index in [9.17, 15) is 4.39 Å². The van der Waals surface area contributed by atoms with Crippen LogP contribution in [0.1, 0.15) is 45.1 Å². The molecule has 116 valence electrons. The molecule has 1 aliphatic carbocycles. The standard InChI is InChI=1S/C16H24FN3O/c1-16(2)8-6-12(7-9-16)20(3)14-5-4-11(10-13(14)17)15(18)19-21/h4-5,10,12,21H,6-9H2,1-3H3,(H2,18,19). The summed E-state index contributed by atoms with van der Waals surface area (Å²) in [6, 6.07) is 5.05. The maximum atomic E-state index is 14.3. The third kappa shape index (κ3) is 3.46. The summed E-state index contributed by atoms with van der Waals surface area (Å²) in [7, 11) is 1.94. The number of halogens is 1. The van der Waals surface area contributed by atoms with Crippen molar-refractivity contribution in [2.24, 2.45) is 16.3 Å².